The van der Waals surface area contributed by atoms with Gasteiger partial charge in [0.25, 0.3) is 0 Å². The minimum atomic E-state index is -0.687. The third-order valence-electron chi connectivity index (χ3n) is 3.35. The Hall–Kier alpha value is -3.12. The predicted octanol–water partition coefficient (Wildman–Crippen LogP) is 2.11. The number of para-hydroxylation sites is 1. The lowest BCUT2D eigenvalue weighted by atomic mass is 10.3. The van der Waals surface area contributed by atoms with Crippen LogP contribution in [-0.2, 0) is 9.59 Å². The molecule has 0 spiro atoms. The van der Waals surface area contributed by atoms with Gasteiger partial charge in [0.1, 0.15) is 11.0 Å². The summed E-state index contributed by atoms with van der Waals surface area (Å²) in [5.41, 5.74) is 0.633. The molecule has 1 fully saturated rings. The van der Waals surface area contributed by atoms with Gasteiger partial charge in [-0.3, -0.25) is 14.9 Å². The van der Waals surface area contributed by atoms with E-state index >= 15 is 0 Å². The fourth-order valence-electron chi connectivity index (χ4n) is 2.28. The number of carbonyl (C=O) groups excluding carboxylic acids is 2. The maximum Gasteiger partial charge on any atom is 0.249 e. The summed E-state index contributed by atoms with van der Waals surface area (Å²) >= 11 is 1.03. The summed E-state index contributed by atoms with van der Waals surface area (Å²) in [6, 6.07) is 10.5. The number of aliphatic imine (C=N–C) groups is 1. The van der Waals surface area contributed by atoms with E-state index in [1.807, 2.05) is 18.2 Å². The average molecular weight is 355 g/mol. The van der Waals surface area contributed by atoms with Gasteiger partial charge in [-0.1, -0.05) is 35.1 Å². The maximum absolute atomic E-state index is 12.6. The summed E-state index contributed by atoms with van der Waals surface area (Å²) in [7, 11) is 0. The molecule has 1 aliphatic rings. The Balaban J connectivity index is 1.79. The number of hydrogen-bond acceptors (Lipinski definition) is 7. The number of amidine groups is 1. The highest BCUT2D eigenvalue weighted by atomic mass is 32.2. The number of nitrogens with zero attached hydrogens (tertiary/aromatic N) is 4. The maximum atomic E-state index is 12.6. The standard InChI is InChI=1S/C16H13N5O3S/c1-10-7-13(20-24-10)21-14(22)8-12(15(21)23)25-16(18-9-17)19-11-5-3-2-4-6-11/h2-7,12H,8H2,1H3,(H,18,19)/t12-/m1/s1. The Morgan fingerprint density at radius 3 is 2.84 bits per heavy atom. The van der Waals surface area contributed by atoms with E-state index in [1.165, 1.54) is 6.07 Å². The third kappa shape index (κ3) is 3.70. The molecule has 1 aromatic heterocycles. The Kier molecular flexibility index (Phi) is 4.81. The van der Waals surface area contributed by atoms with Crippen LogP contribution in [0.2, 0.25) is 0 Å². The van der Waals surface area contributed by atoms with Crippen molar-refractivity contribution in [1.29, 1.82) is 5.26 Å². The molecule has 2 aromatic rings. The Labute approximate surface area is 147 Å². The second-order valence-corrected chi connectivity index (χ2v) is 6.35. The molecule has 25 heavy (non-hydrogen) atoms. The Morgan fingerprint density at radius 2 is 2.20 bits per heavy atom. The van der Waals surface area contributed by atoms with Crippen LogP contribution in [0, 0.1) is 18.4 Å². The smallest absolute Gasteiger partial charge is 0.249 e. The van der Waals surface area contributed by atoms with Crippen molar-refractivity contribution < 1.29 is 14.1 Å². The van der Waals surface area contributed by atoms with Crippen molar-refractivity contribution in [2.24, 2.45) is 4.99 Å². The van der Waals surface area contributed by atoms with E-state index in [1.54, 1.807) is 25.2 Å². The SMILES string of the molecule is Cc1cc(N2C(=O)C[C@@H](SC(=Nc3ccccc3)NC#N)C2=O)no1. The van der Waals surface area contributed by atoms with Crippen LogP contribution >= 0.6 is 11.8 Å². The first kappa shape index (κ1) is 16.7. The highest BCUT2D eigenvalue weighted by Crippen LogP contribution is 2.30. The van der Waals surface area contributed by atoms with Crippen LogP contribution in [0.5, 0.6) is 0 Å². The lowest BCUT2D eigenvalue weighted by Gasteiger charge is -2.11. The zero-order valence-corrected chi connectivity index (χ0v) is 14.0. The van der Waals surface area contributed by atoms with E-state index in [-0.39, 0.29) is 23.3 Å². The van der Waals surface area contributed by atoms with Crippen molar-refractivity contribution in [3.8, 4) is 6.19 Å². The highest BCUT2D eigenvalue weighted by Gasteiger charge is 2.42. The van der Waals surface area contributed by atoms with Crippen molar-refractivity contribution in [1.82, 2.24) is 10.5 Å². The summed E-state index contributed by atoms with van der Waals surface area (Å²) in [6.07, 6.45) is 1.79. The van der Waals surface area contributed by atoms with Gasteiger partial charge >= 0.3 is 0 Å². The number of aryl methyl sites for hydroxylation is 1. The molecule has 0 radical (unpaired) electrons. The van der Waals surface area contributed by atoms with Crippen molar-refractivity contribution in [2.75, 3.05) is 4.90 Å². The van der Waals surface area contributed by atoms with Gasteiger partial charge in [-0.05, 0) is 19.1 Å². The molecule has 1 aliphatic heterocycles. The second kappa shape index (κ2) is 7.19. The minimum Gasteiger partial charge on any atom is -0.360 e. The van der Waals surface area contributed by atoms with Crippen LogP contribution in [0.3, 0.4) is 0 Å². The Morgan fingerprint density at radius 1 is 1.44 bits per heavy atom. The molecule has 0 aliphatic carbocycles. The first-order valence-electron chi connectivity index (χ1n) is 7.34. The molecule has 2 heterocycles. The van der Waals surface area contributed by atoms with Crippen LogP contribution in [-0.4, -0.2) is 27.4 Å². The van der Waals surface area contributed by atoms with Crippen LogP contribution in [0.1, 0.15) is 12.2 Å². The molecule has 0 saturated carbocycles. The topological polar surface area (TPSA) is 112 Å². The van der Waals surface area contributed by atoms with Gasteiger partial charge in [0, 0.05) is 12.5 Å². The average Bonchev–Trinajstić information content (AvgIpc) is 3.12. The fraction of sp³-hybridized carbons (Fsp3) is 0.188. The molecule has 1 N–H and O–H groups in total. The first-order valence-corrected chi connectivity index (χ1v) is 8.22. The molecule has 1 saturated heterocycles. The monoisotopic (exact) mass is 355 g/mol. The number of nitrogens with one attached hydrogen (secondary N) is 1. The number of thioether (sulfide) groups is 1. The number of nitriles is 1. The van der Waals surface area contributed by atoms with Crippen LogP contribution in [0.25, 0.3) is 0 Å². The van der Waals surface area contributed by atoms with Gasteiger partial charge in [0.2, 0.25) is 11.8 Å². The zero-order chi connectivity index (χ0) is 17.8. The van der Waals surface area contributed by atoms with Crippen LogP contribution < -0.4 is 10.2 Å². The molecule has 126 valence electrons. The number of rotatable bonds is 3. The van der Waals surface area contributed by atoms with Gasteiger partial charge in [-0.15, -0.1) is 0 Å². The molecule has 0 bridgehead atoms. The van der Waals surface area contributed by atoms with E-state index in [2.05, 4.69) is 15.5 Å². The van der Waals surface area contributed by atoms with E-state index < -0.39 is 11.2 Å². The lowest BCUT2D eigenvalue weighted by Crippen LogP contribution is -2.32. The second-order valence-electron chi connectivity index (χ2n) is 5.16. The lowest BCUT2D eigenvalue weighted by molar-refractivity contribution is -0.121. The summed E-state index contributed by atoms with van der Waals surface area (Å²) in [6.45, 7) is 1.68. The highest BCUT2D eigenvalue weighted by molar-refractivity contribution is 8.15. The van der Waals surface area contributed by atoms with Crippen LogP contribution in [0.4, 0.5) is 11.5 Å². The number of hydrogen-bond donors (Lipinski definition) is 1. The molecule has 3 rings (SSSR count). The van der Waals surface area contributed by atoms with E-state index in [9.17, 15) is 9.59 Å². The first-order chi connectivity index (χ1) is 12.1. The number of carbonyl (C=O) groups is 2. The molecular formula is C16H13N5O3S. The molecule has 2 amide bonds. The van der Waals surface area contributed by atoms with E-state index in [0.29, 0.717) is 11.4 Å². The van der Waals surface area contributed by atoms with Crippen molar-refractivity contribution in [3.05, 3.63) is 42.2 Å². The number of imide groups is 1. The molecule has 0 unspecified atom stereocenters. The molecular weight excluding hydrogens is 342 g/mol. The van der Waals surface area contributed by atoms with Crippen molar-refractivity contribution >= 4 is 40.2 Å². The third-order valence-corrected chi connectivity index (χ3v) is 4.42. The van der Waals surface area contributed by atoms with Gasteiger partial charge in [-0.25, -0.2) is 9.89 Å². The summed E-state index contributed by atoms with van der Waals surface area (Å²) in [5, 5.41) is 14.6. The molecule has 8 nitrogen and oxygen atoms in total. The normalized spacial score (nSPS) is 17.7. The number of amides is 2. The van der Waals surface area contributed by atoms with E-state index in [0.717, 1.165) is 16.7 Å². The van der Waals surface area contributed by atoms with E-state index in [4.69, 9.17) is 9.78 Å². The van der Waals surface area contributed by atoms with Gasteiger partial charge in [0.15, 0.2) is 17.2 Å². The van der Waals surface area contributed by atoms with Crippen molar-refractivity contribution in [3.63, 3.8) is 0 Å². The summed E-state index contributed by atoms with van der Waals surface area (Å²) < 4.78 is 4.93. The Bertz CT molecular complexity index is 871. The van der Waals surface area contributed by atoms with Gasteiger partial charge in [0.05, 0.1) is 5.69 Å². The summed E-state index contributed by atoms with van der Waals surface area (Å²) in [5.74, 6) is -0.106. The molecule has 9 heteroatoms. The fourth-order valence-corrected chi connectivity index (χ4v) is 3.25. The predicted molar refractivity (Wildman–Crippen MR) is 92.0 cm³/mol. The molecule has 1 aromatic carbocycles. The number of benzene rings is 1. The quantitative estimate of drug-likeness (QED) is 0.295. The van der Waals surface area contributed by atoms with Crippen LogP contribution in [0.15, 0.2) is 45.9 Å². The van der Waals surface area contributed by atoms with Crippen molar-refractivity contribution in [2.45, 2.75) is 18.6 Å². The molecule has 1 atom stereocenters. The van der Waals surface area contributed by atoms with Gasteiger partial charge < -0.3 is 4.52 Å². The number of aromatic nitrogens is 1. The largest absolute Gasteiger partial charge is 0.360 e. The number of anilines is 1. The summed E-state index contributed by atoms with van der Waals surface area (Å²) in [4.78, 5) is 30.0. The minimum absolute atomic E-state index is 0.00364. The van der Waals surface area contributed by atoms with Gasteiger partial charge in [-0.2, -0.15) is 5.26 Å². The zero-order valence-electron chi connectivity index (χ0n) is 13.2.